The number of amides is 1. The van der Waals surface area contributed by atoms with E-state index < -0.39 is 11.7 Å². The fourth-order valence-electron chi connectivity index (χ4n) is 1.47. The number of nitrogens with one attached hydrogen (secondary N) is 2. The second kappa shape index (κ2) is 6.53. The normalized spacial score (nSPS) is 10.6. The molecule has 2 N–H and O–H groups in total. The second-order valence-electron chi connectivity index (χ2n) is 5.13. The van der Waals surface area contributed by atoms with Crippen LogP contribution in [0.25, 0.3) is 0 Å². The first-order valence-electron chi connectivity index (χ1n) is 5.97. The Balaban J connectivity index is 2.99. The number of halogens is 1. The van der Waals surface area contributed by atoms with Gasteiger partial charge in [0.15, 0.2) is 0 Å². The van der Waals surface area contributed by atoms with E-state index in [1.807, 2.05) is 6.07 Å². The second-order valence-corrected chi connectivity index (χ2v) is 6.05. The summed E-state index contributed by atoms with van der Waals surface area (Å²) < 4.78 is 5.94. The van der Waals surface area contributed by atoms with Crippen molar-refractivity contribution in [2.24, 2.45) is 0 Å². The molecule has 0 atom stereocenters. The molecule has 1 amide bonds. The van der Waals surface area contributed by atoms with Gasteiger partial charge in [0.1, 0.15) is 5.60 Å². The van der Waals surface area contributed by atoms with Crippen molar-refractivity contribution in [3.63, 3.8) is 0 Å². The molecule has 0 aromatic heterocycles. The van der Waals surface area contributed by atoms with Crippen LogP contribution in [0.3, 0.4) is 0 Å². The first kappa shape index (κ1) is 16.2. The number of nitriles is 1. The Labute approximate surface area is 126 Å². The van der Waals surface area contributed by atoms with Crippen LogP contribution in [0.1, 0.15) is 32.8 Å². The zero-order chi connectivity index (χ0) is 15.3. The van der Waals surface area contributed by atoms with Gasteiger partial charge in [0.05, 0.1) is 23.9 Å². The summed E-state index contributed by atoms with van der Waals surface area (Å²) in [7, 11) is 0. The van der Waals surface area contributed by atoms with Gasteiger partial charge in [-0.05, 0) is 39.0 Å². The molecule has 0 heterocycles. The van der Waals surface area contributed by atoms with Crippen molar-refractivity contribution in [1.82, 2.24) is 0 Å². The minimum atomic E-state index is -0.601. The van der Waals surface area contributed by atoms with Gasteiger partial charge in [0.2, 0.25) is 0 Å². The maximum Gasteiger partial charge on any atom is 0.412 e. The van der Waals surface area contributed by atoms with Gasteiger partial charge < -0.3 is 10.1 Å². The number of rotatable bonds is 3. The quantitative estimate of drug-likeness (QED) is 0.814. The first-order valence-corrected chi connectivity index (χ1v) is 6.76. The standard InChI is InChI=1S/C14H16BrN3O2/c1-14(2,3)20-13(19)18-12-8-9(15)4-5-10(12)11(17)6-7-16/h4-5,8,17H,6H2,1-3H3,(H,18,19). The third-order valence-corrected chi connectivity index (χ3v) is 2.69. The Morgan fingerprint density at radius 1 is 1.50 bits per heavy atom. The van der Waals surface area contributed by atoms with E-state index in [9.17, 15) is 4.79 Å². The minimum absolute atomic E-state index is 0.0232. The Hall–Kier alpha value is -1.87. The van der Waals surface area contributed by atoms with E-state index in [1.165, 1.54) is 0 Å². The van der Waals surface area contributed by atoms with E-state index in [0.717, 1.165) is 4.47 Å². The van der Waals surface area contributed by atoms with Gasteiger partial charge in [-0.1, -0.05) is 15.9 Å². The van der Waals surface area contributed by atoms with Crippen molar-refractivity contribution in [2.45, 2.75) is 32.8 Å². The maximum absolute atomic E-state index is 11.8. The van der Waals surface area contributed by atoms with Crippen LogP contribution in [0, 0.1) is 16.7 Å². The molecule has 6 heteroatoms. The maximum atomic E-state index is 11.8. The number of anilines is 1. The van der Waals surface area contributed by atoms with Crippen LogP contribution in [-0.2, 0) is 4.74 Å². The molecule has 0 aliphatic carbocycles. The number of carbonyl (C=O) groups excluding carboxylic acids is 1. The minimum Gasteiger partial charge on any atom is -0.444 e. The molecule has 0 aliphatic heterocycles. The molecule has 0 radical (unpaired) electrons. The van der Waals surface area contributed by atoms with Gasteiger partial charge in [-0.15, -0.1) is 0 Å². The van der Waals surface area contributed by atoms with E-state index in [2.05, 4.69) is 21.2 Å². The fourth-order valence-corrected chi connectivity index (χ4v) is 1.83. The molecule has 1 rings (SSSR count). The van der Waals surface area contributed by atoms with E-state index >= 15 is 0 Å². The molecule has 0 saturated carbocycles. The largest absolute Gasteiger partial charge is 0.444 e. The summed E-state index contributed by atoms with van der Waals surface area (Å²) in [6.07, 6.45) is -0.619. The van der Waals surface area contributed by atoms with E-state index in [0.29, 0.717) is 11.3 Å². The highest BCUT2D eigenvalue weighted by Gasteiger charge is 2.18. The number of hydrogen-bond donors (Lipinski definition) is 2. The lowest BCUT2D eigenvalue weighted by Gasteiger charge is -2.20. The van der Waals surface area contributed by atoms with Crippen molar-refractivity contribution >= 4 is 33.4 Å². The Bertz CT molecular complexity index is 571. The highest BCUT2D eigenvalue weighted by atomic mass is 79.9. The monoisotopic (exact) mass is 337 g/mol. The molecule has 0 aliphatic rings. The predicted octanol–water partition coefficient (Wildman–Crippen LogP) is 4.08. The molecule has 1 aromatic rings. The van der Waals surface area contributed by atoms with E-state index in [4.69, 9.17) is 15.4 Å². The highest BCUT2D eigenvalue weighted by molar-refractivity contribution is 9.10. The summed E-state index contributed by atoms with van der Waals surface area (Å²) in [5.41, 5.74) is 0.483. The van der Waals surface area contributed by atoms with Crippen molar-refractivity contribution in [3.8, 4) is 6.07 Å². The molecule has 5 nitrogen and oxygen atoms in total. The van der Waals surface area contributed by atoms with Gasteiger partial charge in [0, 0.05) is 10.0 Å². The number of hydrogen-bond acceptors (Lipinski definition) is 4. The molecule has 20 heavy (non-hydrogen) atoms. The number of nitrogens with zero attached hydrogens (tertiary/aromatic N) is 1. The number of carbonyl (C=O) groups is 1. The van der Waals surface area contributed by atoms with Crippen LogP contribution in [0.5, 0.6) is 0 Å². The third-order valence-electron chi connectivity index (χ3n) is 2.20. The molecule has 1 aromatic carbocycles. The van der Waals surface area contributed by atoms with Gasteiger partial charge in [0.25, 0.3) is 0 Å². The summed E-state index contributed by atoms with van der Waals surface area (Å²) in [5.74, 6) is 0. The first-order chi connectivity index (χ1) is 9.23. The highest BCUT2D eigenvalue weighted by Crippen LogP contribution is 2.23. The fraction of sp³-hybridized carbons (Fsp3) is 0.357. The zero-order valence-corrected chi connectivity index (χ0v) is 13.2. The predicted molar refractivity (Wildman–Crippen MR) is 81.1 cm³/mol. The average molecular weight is 338 g/mol. The van der Waals surface area contributed by atoms with Crippen molar-refractivity contribution in [3.05, 3.63) is 28.2 Å². The molecule has 0 saturated heterocycles. The van der Waals surface area contributed by atoms with Crippen molar-refractivity contribution in [2.75, 3.05) is 5.32 Å². The summed E-state index contributed by atoms with van der Waals surface area (Å²) in [6, 6.07) is 7.02. The van der Waals surface area contributed by atoms with Gasteiger partial charge >= 0.3 is 6.09 Å². The zero-order valence-electron chi connectivity index (χ0n) is 11.6. The van der Waals surface area contributed by atoms with Gasteiger partial charge in [-0.2, -0.15) is 5.26 Å². The van der Waals surface area contributed by atoms with Gasteiger partial charge in [-0.25, -0.2) is 4.79 Å². The smallest absolute Gasteiger partial charge is 0.412 e. The van der Waals surface area contributed by atoms with Gasteiger partial charge in [-0.3, -0.25) is 5.32 Å². The topological polar surface area (TPSA) is 86.0 Å². The Morgan fingerprint density at radius 2 is 2.15 bits per heavy atom. The number of ether oxygens (including phenoxy) is 1. The number of benzene rings is 1. The molecule has 0 spiro atoms. The SMILES string of the molecule is CC(C)(C)OC(=O)Nc1cc(Br)ccc1C(=N)CC#N. The van der Waals surface area contributed by atoms with Crippen LogP contribution in [0.4, 0.5) is 10.5 Å². The average Bonchev–Trinajstić information content (AvgIpc) is 2.26. The third kappa shape index (κ3) is 5.02. The van der Waals surface area contributed by atoms with Crippen LogP contribution in [0.2, 0.25) is 0 Å². The summed E-state index contributed by atoms with van der Waals surface area (Å²) in [4.78, 5) is 11.8. The summed E-state index contributed by atoms with van der Waals surface area (Å²) >= 11 is 3.31. The molecule has 0 unspecified atom stereocenters. The van der Waals surface area contributed by atoms with E-state index in [-0.39, 0.29) is 12.1 Å². The molecule has 0 bridgehead atoms. The molecular weight excluding hydrogens is 322 g/mol. The lowest BCUT2D eigenvalue weighted by molar-refractivity contribution is 0.0636. The molecular formula is C14H16BrN3O2. The van der Waals surface area contributed by atoms with Crippen LogP contribution in [-0.4, -0.2) is 17.4 Å². The van der Waals surface area contributed by atoms with Crippen molar-refractivity contribution in [1.29, 1.82) is 10.7 Å². The van der Waals surface area contributed by atoms with Crippen LogP contribution < -0.4 is 5.32 Å². The van der Waals surface area contributed by atoms with Crippen molar-refractivity contribution < 1.29 is 9.53 Å². The van der Waals surface area contributed by atoms with E-state index in [1.54, 1.807) is 39.0 Å². The van der Waals surface area contributed by atoms with Crippen LogP contribution in [0.15, 0.2) is 22.7 Å². The lowest BCUT2D eigenvalue weighted by Crippen LogP contribution is -2.27. The van der Waals surface area contributed by atoms with Crippen LogP contribution >= 0.6 is 15.9 Å². The summed E-state index contributed by atoms with van der Waals surface area (Å²) in [6.45, 7) is 5.31. The molecule has 0 fully saturated rings. The molecule has 106 valence electrons. The lowest BCUT2D eigenvalue weighted by atomic mass is 10.1. The summed E-state index contributed by atoms with van der Waals surface area (Å²) in [5, 5.41) is 19.1. The Morgan fingerprint density at radius 3 is 2.70 bits per heavy atom. The Kier molecular flexibility index (Phi) is 5.28.